The number of thiophene rings is 1. The molecule has 1 aromatic carbocycles. The van der Waals surface area contributed by atoms with Crippen molar-refractivity contribution in [3.8, 4) is 0 Å². The van der Waals surface area contributed by atoms with Crippen LogP contribution in [0.1, 0.15) is 48.2 Å². The van der Waals surface area contributed by atoms with Crippen molar-refractivity contribution in [1.29, 1.82) is 0 Å². The largest absolute Gasteiger partial charge is 0.349 e. The summed E-state index contributed by atoms with van der Waals surface area (Å²) in [6.07, 6.45) is 7.19. The predicted octanol–water partition coefficient (Wildman–Crippen LogP) is 4.88. The Hall–Kier alpha value is -2.38. The molecule has 2 heterocycles. The highest BCUT2D eigenvalue weighted by atomic mass is 32.2. The lowest BCUT2D eigenvalue weighted by Crippen LogP contribution is -2.29. The van der Waals surface area contributed by atoms with E-state index >= 15 is 0 Å². The standard InChI is InChI=1S/C24H27N3O2S2/c1-3-14-27-23(29)21-18-12-8-5-9-13-19(18)31-22(21)26-24(27)30-15-20(28)25-16(2)17-10-6-4-7-11-17/h3-4,6-7,10-11,16H,1,5,8-9,12-15H2,2H3,(H,25,28). The summed E-state index contributed by atoms with van der Waals surface area (Å²) < 4.78 is 1.66. The van der Waals surface area contributed by atoms with Gasteiger partial charge in [-0.3, -0.25) is 14.2 Å². The lowest BCUT2D eigenvalue weighted by molar-refractivity contribution is -0.119. The third kappa shape index (κ3) is 4.77. The van der Waals surface area contributed by atoms with E-state index in [0.29, 0.717) is 11.7 Å². The molecule has 0 spiro atoms. The van der Waals surface area contributed by atoms with Gasteiger partial charge in [-0.25, -0.2) is 4.98 Å². The van der Waals surface area contributed by atoms with Crippen LogP contribution in [0.2, 0.25) is 0 Å². The molecule has 7 heteroatoms. The molecule has 1 amide bonds. The average Bonchev–Trinajstić information content (AvgIpc) is 2.96. The predicted molar refractivity (Wildman–Crippen MR) is 129 cm³/mol. The molecule has 0 radical (unpaired) electrons. The summed E-state index contributed by atoms with van der Waals surface area (Å²) in [5.74, 6) is 0.125. The molecule has 3 aromatic rings. The number of hydrogen-bond donors (Lipinski definition) is 1. The Labute approximate surface area is 190 Å². The quantitative estimate of drug-likeness (QED) is 0.240. The van der Waals surface area contributed by atoms with Crippen molar-refractivity contribution in [3.63, 3.8) is 0 Å². The topological polar surface area (TPSA) is 64.0 Å². The molecule has 2 aromatic heterocycles. The molecule has 0 bridgehead atoms. The number of rotatable bonds is 7. The van der Waals surface area contributed by atoms with Gasteiger partial charge in [-0.05, 0) is 43.7 Å². The number of allylic oxidation sites excluding steroid dienone is 1. The third-order valence-corrected chi connectivity index (χ3v) is 7.77. The number of benzene rings is 1. The van der Waals surface area contributed by atoms with E-state index in [0.717, 1.165) is 35.0 Å². The van der Waals surface area contributed by atoms with Gasteiger partial charge in [-0.15, -0.1) is 17.9 Å². The Morgan fingerprint density at radius 1 is 1.29 bits per heavy atom. The molecule has 1 atom stereocenters. The van der Waals surface area contributed by atoms with Crippen molar-refractivity contribution in [2.75, 3.05) is 5.75 Å². The fourth-order valence-electron chi connectivity index (χ4n) is 4.04. The zero-order valence-electron chi connectivity index (χ0n) is 17.7. The molecule has 5 nitrogen and oxygen atoms in total. The Morgan fingerprint density at radius 2 is 2.06 bits per heavy atom. The molecule has 4 rings (SSSR count). The molecule has 1 aliphatic carbocycles. The van der Waals surface area contributed by atoms with Crippen molar-refractivity contribution < 1.29 is 4.79 Å². The van der Waals surface area contributed by atoms with Crippen molar-refractivity contribution >= 4 is 39.2 Å². The zero-order valence-corrected chi connectivity index (χ0v) is 19.4. The molecular formula is C24H27N3O2S2. The van der Waals surface area contributed by atoms with Gasteiger partial charge in [-0.1, -0.05) is 54.6 Å². The monoisotopic (exact) mass is 453 g/mol. The zero-order chi connectivity index (χ0) is 21.8. The molecular weight excluding hydrogens is 426 g/mol. The maximum Gasteiger partial charge on any atom is 0.263 e. The second kappa shape index (κ2) is 9.83. The molecule has 0 fully saturated rings. The van der Waals surface area contributed by atoms with Crippen molar-refractivity contribution in [1.82, 2.24) is 14.9 Å². The number of nitrogens with zero attached hydrogens (tertiary/aromatic N) is 2. The second-order valence-corrected chi connectivity index (χ2v) is 9.86. The van der Waals surface area contributed by atoms with E-state index in [9.17, 15) is 9.59 Å². The Kier molecular flexibility index (Phi) is 6.92. The number of hydrogen-bond acceptors (Lipinski definition) is 5. The average molecular weight is 454 g/mol. The Morgan fingerprint density at radius 3 is 2.84 bits per heavy atom. The first-order chi connectivity index (χ1) is 15.1. The van der Waals surface area contributed by atoms with E-state index in [1.54, 1.807) is 22.0 Å². The highest BCUT2D eigenvalue weighted by molar-refractivity contribution is 7.99. The van der Waals surface area contributed by atoms with Crippen molar-refractivity contribution in [2.24, 2.45) is 0 Å². The number of amides is 1. The number of carbonyl (C=O) groups excluding carboxylic acids is 1. The van der Waals surface area contributed by atoms with E-state index in [-0.39, 0.29) is 23.3 Å². The highest BCUT2D eigenvalue weighted by Gasteiger charge is 2.21. The number of thioether (sulfide) groups is 1. The first kappa shape index (κ1) is 21.8. The van der Waals surface area contributed by atoms with Gasteiger partial charge in [0.2, 0.25) is 5.91 Å². The van der Waals surface area contributed by atoms with Gasteiger partial charge in [0.25, 0.3) is 5.56 Å². The Balaban J connectivity index is 1.57. The molecule has 1 aliphatic rings. The molecule has 1 N–H and O–H groups in total. The summed E-state index contributed by atoms with van der Waals surface area (Å²) in [6.45, 7) is 6.16. The lowest BCUT2D eigenvalue weighted by Gasteiger charge is -2.15. The summed E-state index contributed by atoms with van der Waals surface area (Å²) in [7, 11) is 0. The minimum atomic E-state index is -0.0807. The van der Waals surface area contributed by atoms with Crippen LogP contribution in [0, 0.1) is 0 Å². The maximum atomic E-state index is 13.4. The smallest absolute Gasteiger partial charge is 0.263 e. The van der Waals surface area contributed by atoms with Crippen LogP contribution in [0.5, 0.6) is 0 Å². The highest BCUT2D eigenvalue weighted by Crippen LogP contribution is 2.34. The maximum absolute atomic E-state index is 13.4. The Bertz CT molecular complexity index is 1150. The molecule has 31 heavy (non-hydrogen) atoms. The van der Waals surface area contributed by atoms with Crippen LogP contribution in [0.4, 0.5) is 0 Å². The van der Waals surface area contributed by atoms with E-state index < -0.39 is 0 Å². The number of aromatic nitrogens is 2. The second-order valence-electron chi connectivity index (χ2n) is 7.83. The molecule has 0 aliphatic heterocycles. The fraction of sp³-hybridized carbons (Fsp3) is 0.375. The summed E-state index contributed by atoms with van der Waals surface area (Å²) in [4.78, 5) is 32.8. The van der Waals surface area contributed by atoms with E-state index in [1.165, 1.54) is 35.0 Å². The van der Waals surface area contributed by atoms with Gasteiger partial charge in [0, 0.05) is 11.4 Å². The first-order valence-corrected chi connectivity index (χ1v) is 12.5. The lowest BCUT2D eigenvalue weighted by atomic mass is 10.1. The van der Waals surface area contributed by atoms with Crippen LogP contribution in [0.15, 0.2) is 52.9 Å². The fourth-order valence-corrected chi connectivity index (χ4v) is 6.16. The number of carbonyl (C=O) groups is 1. The van der Waals surface area contributed by atoms with E-state index in [2.05, 4.69) is 11.9 Å². The van der Waals surface area contributed by atoms with Gasteiger partial charge in [0.15, 0.2) is 5.16 Å². The van der Waals surface area contributed by atoms with Gasteiger partial charge < -0.3 is 5.32 Å². The summed E-state index contributed by atoms with van der Waals surface area (Å²) in [5.41, 5.74) is 2.24. The van der Waals surface area contributed by atoms with Crippen molar-refractivity contribution in [2.45, 2.75) is 56.8 Å². The number of nitrogens with one attached hydrogen (secondary N) is 1. The van der Waals surface area contributed by atoms with E-state index in [4.69, 9.17) is 4.98 Å². The molecule has 0 saturated heterocycles. The summed E-state index contributed by atoms with van der Waals surface area (Å²) in [5, 5.41) is 4.38. The summed E-state index contributed by atoms with van der Waals surface area (Å²) >= 11 is 2.96. The normalized spacial score (nSPS) is 14.6. The molecule has 0 saturated carbocycles. The van der Waals surface area contributed by atoms with Crippen LogP contribution < -0.4 is 10.9 Å². The van der Waals surface area contributed by atoms with Crippen LogP contribution in [0.3, 0.4) is 0 Å². The van der Waals surface area contributed by atoms with E-state index in [1.807, 2.05) is 37.3 Å². The van der Waals surface area contributed by atoms with Gasteiger partial charge in [0.05, 0.1) is 17.2 Å². The van der Waals surface area contributed by atoms with Gasteiger partial charge >= 0.3 is 0 Å². The third-order valence-electron chi connectivity index (χ3n) is 5.61. The minimum Gasteiger partial charge on any atom is -0.349 e. The number of fused-ring (bicyclic) bond motifs is 3. The molecule has 1 unspecified atom stereocenters. The van der Waals surface area contributed by atoms with Crippen LogP contribution in [-0.4, -0.2) is 21.2 Å². The number of aryl methyl sites for hydroxylation is 2. The molecule has 162 valence electrons. The van der Waals surface area contributed by atoms with Crippen molar-refractivity contribution in [3.05, 3.63) is 69.3 Å². The first-order valence-electron chi connectivity index (χ1n) is 10.7. The van der Waals surface area contributed by atoms with Crippen LogP contribution in [0.25, 0.3) is 10.2 Å². The van der Waals surface area contributed by atoms with Gasteiger partial charge in [0.1, 0.15) is 4.83 Å². The van der Waals surface area contributed by atoms with Crippen LogP contribution >= 0.6 is 23.1 Å². The summed E-state index contributed by atoms with van der Waals surface area (Å²) in [6, 6.07) is 9.80. The SMILES string of the molecule is C=CCn1c(SCC(=O)NC(C)c2ccccc2)nc2sc3c(c2c1=O)CCCCC3. The van der Waals surface area contributed by atoms with Gasteiger partial charge in [-0.2, -0.15) is 0 Å². The minimum absolute atomic E-state index is 0.00939. The van der Waals surface area contributed by atoms with Crippen LogP contribution in [-0.2, 0) is 24.2 Å².